The van der Waals surface area contributed by atoms with Gasteiger partial charge >= 0.3 is 0 Å². The molecule has 0 heterocycles. The van der Waals surface area contributed by atoms with Crippen molar-refractivity contribution in [1.29, 1.82) is 0 Å². The zero-order valence-corrected chi connectivity index (χ0v) is 10.7. The number of benzene rings is 1. The van der Waals surface area contributed by atoms with Crippen molar-refractivity contribution >= 4 is 6.08 Å². The smallest absolute Gasteiger partial charge is 0.00397 e. The van der Waals surface area contributed by atoms with E-state index in [1.807, 2.05) is 0 Å². The predicted molar refractivity (Wildman–Crippen MR) is 72.3 cm³/mol. The summed E-state index contributed by atoms with van der Waals surface area (Å²) >= 11 is 0. The van der Waals surface area contributed by atoms with Gasteiger partial charge in [-0.25, -0.2) is 0 Å². The minimum Gasteiger partial charge on any atom is -0.330 e. The number of hydrogen-bond donors (Lipinski definition) is 1. The summed E-state index contributed by atoms with van der Waals surface area (Å²) in [5, 5.41) is 0. The molecule has 88 valence electrons. The maximum Gasteiger partial charge on any atom is -0.00397 e. The first-order valence-electron chi connectivity index (χ1n) is 6.15. The van der Waals surface area contributed by atoms with Gasteiger partial charge in [-0.05, 0) is 43.4 Å². The molecule has 1 aromatic rings. The Balaban J connectivity index is 2.97. The second kappa shape index (κ2) is 6.49. The van der Waals surface area contributed by atoms with Crippen LogP contribution in [-0.2, 0) is 0 Å². The number of rotatable bonds is 5. The fourth-order valence-electron chi connectivity index (χ4n) is 1.84. The van der Waals surface area contributed by atoms with Crippen molar-refractivity contribution in [3.63, 3.8) is 0 Å². The Labute approximate surface area is 99.4 Å². The Morgan fingerprint density at radius 2 is 2.06 bits per heavy atom. The second-order valence-electron chi connectivity index (χ2n) is 4.42. The molecule has 0 spiro atoms. The van der Waals surface area contributed by atoms with Gasteiger partial charge in [-0.15, -0.1) is 0 Å². The molecule has 1 heteroatoms. The molecule has 2 N–H and O–H groups in total. The fourth-order valence-corrected chi connectivity index (χ4v) is 1.84. The third kappa shape index (κ3) is 3.49. The van der Waals surface area contributed by atoms with Gasteiger partial charge in [-0.1, -0.05) is 49.8 Å². The lowest BCUT2D eigenvalue weighted by atomic mass is 9.93. The summed E-state index contributed by atoms with van der Waals surface area (Å²) in [5.74, 6) is 0.628. The molecule has 0 bridgehead atoms. The molecule has 0 saturated heterocycles. The fraction of sp³-hybridized carbons (Fsp3) is 0.467. The van der Waals surface area contributed by atoms with E-state index in [9.17, 15) is 0 Å². The minimum atomic E-state index is 0.628. The monoisotopic (exact) mass is 217 g/mol. The molecule has 1 nitrogen and oxygen atoms in total. The van der Waals surface area contributed by atoms with Crippen LogP contribution in [0.2, 0.25) is 0 Å². The maximum absolute atomic E-state index is 5.67. The lowest BCUT2D eigenvalue weighted by molar-refractivity contribution is 0.630. The highest BCUT2D eigenvalue weighted by atomic mass is 14.5. The van der Waals surface area contributed by atoms with Crippen molar-refractivity contribution in [3.05, 3.63) is 41.0 Å². The Kier molecular flexibility index (Phi) is 5.27. The molecule has 1 atom stereocenters. The van der Waals surface area contributed by atoms with E-state index in [-0.39, 0.29) is 0 Å². The van der Waals surface area contributed by atoms with Gasteiger partial charge in [0.15, 0.2) is 0 Å². The van der Waals surface area contributed by atoms with E-state index in [1.54, 1.807) is 0 Å². The number of hydrogen-bond acceptors (Lipinski definition) is 1. The van der Waals surface area contributed by atoms with Crippen molar-refractivity contribution in [2.75, 3.05) is 6.54 Å². The Hall–Kier alpha value is -1.08. The normalized spacial score (nSPS) is 13.9. The van der Waals surface area contributed by atoms with Gasteiger partial charge in [0.2, 0.25) is 0 Å². The minimum absolute atomic E-state index is 0.628. The summed E-state index contributed by atoms with van der Waals surface area (Å²) in [6.07, 6.45) is 4.50. The second-order valence-corrected chi connectivity index (χ2v) is 4.42. The van der Waals surface area contributed by atoms with Crippen molar-refractivity contribution in [2.45, 2.75) is 33.6 Å². The van der Waals surface area contributed by atoms with E-state index in [2.05, 4.69) is 51.1 Å². The molecular weight excluding hydrogens is 194 g/mol. The van der Waals surface area contributed by atoms with Crippen LogP contribution in [-0.4, -0.2) is 6.54 Å². The Morgan fingerprint density at radius 1 is 1.38 bits per heavy atom. The first kappa shape index (κ1) is 13.0. The van der Waals surface area contributed by atoms with Gasteiger partial charge in [-0.3, -0.25) is 0 Å². The Bertz CT molecular complexity index is 352. The van der Waals surface area contributed by atoms with E-state index in [0.29, 0.717) is 5.92 Å². The van der Waals surface area contributed by atoms with Crippen LogP contribution in [0.4, 0.5) is 0 Å². The van der Waals surface area contributed by atoms with Crippen molar-refractivity contribution < 1.29 is 0 Å². The van der Waals surface area contributed by atoms with Crippen LogP contribution in [0.5, 0.6) is 0 Å². The summed E-state index contributed by atoms with van der Waals surface area (Å²) in [7, 11) is 0. The first-order chi connectivity index (χ1) is 7.69. The highest BCUT2D eigenvalue weighted by Crippen LogP contribution is 2.22. The van der Waals surface area contributed by atoms with Crippen LogP contribution < -0.4 is 5.73 Å². The molecule has 1 rings (SSSR count). The standard InChI is InChI=1S/C15H23N/c1-4-12(2)15(9-10-16)11-14-8-6-5-7-13(14)3/h5-8,11-12H,4,9-10,16H2,1-3H3/b15-11-. The molecule has 1 aromatic carbocycles. The van der Waals surface area contributed by atoms with Crippen LogP contribution in [0, 0.1) is 12.8 Å². The highest BCUT2D eigenvalue weighted by molar-refractivity contribution is 5.56. The molecule has 0 amide bonds. The van der Waals surface area contributed by atoms with Crippen molar-refractivity contribution in [2.24, 2.45) is 11.7 Å². The lowest BCUT2D eigenvalue weighted by Gasteiger charge is -2.14. The number of nitrogens with two attached hydrogens (primary N) is 1. The highest BCUT2D eigenvalue weighted by Gasteiger charge is 2.06. The van der Waals surface area contributed by atoms with E-state index in [4.69, 9.17) is 5.73 Å². The molecule has 0 radical (unpaired) electrons. The van der Waals surface area contributed by atoms with E-state index in [0.717, 1.165) is 13.0 Å². The average molecular weight is 217 g/mol. The van der Waals surface area contributed by atoms with E-state index >= 15 is 0 Å². The van der Waals surface area contributed by atoms with E-state index in [1.165, 1.54) is 23.1 Å². The van der Waals surface area contributed by atoms with Crippen LogP contribution in [0.1, 0.15) is 37.8 Å². The first-order valence-corrected chi connectivity index (χ1v) is 6.15. The van der Waals surface area contributed by atoms with Gasteiger partial charge in [-0.2, -0.15) is 0 Å². The molecule has 0 aliphatic carbocycles. The van der Waals surface area contributed by atoms with Gasteiger partial charge in [0.05, 0.1) is 0 Å². The molecule has 16 heavy (non-hydrogen) atoms. The quantitative estimate of drug-likeness (QED) is 0.798. The van der Waals surface area contributed by atoms with Gasteiger partial charge in [0, 0.05) is 0 Å². The molecule has 0 aliphatic rings. The SMILES string of the molecule is CCC(C)/C(=C\c1ccccc1C)CCN. The topological polar surface area (TPSA) is 26.0 Å². The zero-order chi connectivity index (χ0) is 12.0. The van der Waals surface area contributed by atoms with Gasteiger partial charge < -0.3 is 5.73 Å². The lowest BCUT2D eigenvalue weighted by Crippen LogP contribution is -2.06. The molecule has 1 unspecified atom stereocenters. The van der Waals surface area contributed by atoms with Crippen LogP contribution in [0.25, 0.3) is 6.08 Å². The maximum atomic E-state index is 5.67. The van der Waals surface area contributed by atoms with E-state index < -0.39 is 0 Å². The summed E-state index contributed by atoms with van der Waals surface area (Å²) in [6.45, 7) is 7.40. The van der Waals surface area contributed by atoms with Crippen LogP contribution >= 0.6 is 0 Å². The predicted octanol–water partition coefficient (Wildman–Crippen LogP) is 3.77. The number of aryl methyl sites for hydroxylation is 1. The zero-order valence-electron chi connectivity index (χ0n) is 10.7. The van der Waals surface area contributed by atoms with Crippen LogP contribution in [0.3, 0.4) is 0 Å². The summed E-state index contributed by atoms with van der Waals surface area (Å²) in [4.78, 5) is 0. The third-order valence-electron chi connectivity index (χ3n) is 3.21. The van der Waals surface area contributed by atoms with Gasteiger partial charge in [0.1, 0.15) is 0 Å². The summed E-state index contributed by atoms with van der Waals surface area (Å²) < 4.78 is 0. The largest absolute Gasteiger partial charge is 0.330 e. The van der Waals surface area contributed by atoms with Crippen molar-refractivity contribution in [1.82, 2.24) is 0 Å². The molecule has 0 aromatic heterocycles. The molecule has 0 aliphatic heterocycles. The van der Waals surface area contributed by atoms with Gasteiger partial charge in [0.25, 0.3) is 0 Å². The van der Waals surface area contributed by atoms with Crippen LogP contribution in [0.15, 0.2) is 29.8 Å². The summed E-state index contributed by atoms with van der Waals surface area (Å²) in [5.41, 5.74) is 9.80. The molecule has 0 saturated carbocycles. The van der Waals surface area contributed by atoms with Crippen molar-refractivity contribution in [3.8, 4) is 0 Å². The summed E-state index contributed by atoms with van der Waals surface area (Å²) in [6, 6.07) is 8.50. The third-order valence-corrected chi connectivity index (χ3v) is 3.21. The Morgan fingerprint density at radius 3 is 2.62 bits per heavy atom. The molecule has 0 fully saturated rings. The average Bonchev–Trinajstić information content (AvgIpc) is 2.30. The molecular formula is C15H23N.